The van der Waals surface area contributed by atoms with Crippen molar-refractivity contribution < 1.29 is 5.11 Å². The van der Waals surface area contributed by atoms with Crippen LogP contribution in [0.4, 0.5) is 5.69 Å². The van der Waals surface area contributed by atoms with Crippen LogP contribution in [-0.2, 0) is 6.42 Å². The van der Waals surface area contributed by atoms with Crippen LogP contribution in [0.2, 0.25) is 0 Å². The average Bonchev–Trinajstić information content (AvgIpc) is 2.49. The number of aromatic hydroxyl groups is 1. The Labute approximate surface area is 120 Å². The van der Waals surface area contributed by atoms with E-state index in [1.165, 1.54) is 23.2 Å². The maximum atomic E-state index is 9.81. The molecule has 1 atom stereocenters. The lowest BCUT2D eigenvalue weighted by atomic mass is 9.86. The van der Waals surface area contributed by atoms with Gasteiger partial charge in [0.2, 0.25) is 0 Å². The van der Waals surface area contributed by atoms with Gasteiger partial charge in [-0.2, -0.15) is 0 Å². The standard InChI is InChI=1S/C18H21NO/c1-2-19(15-8-4-3-5-9-15)18-10-6-7-14-11-12-16(20)13-17(14)18/h3-5,8-9,11-13,18,20H,2,6-7,10H2,1H3. The van der Waals surface area contributed by atoms with E-state index in [1.807, 2.05) is 6.07 Å². The zero-order valence-electron chi connectivity index (χ0n) is 11.9. The number of aryl methyl sites for hydroxylation is 1. The molecule has 0 heterocycles. The van der Waals surface area contributed by atoms with E-state index in [4.69, 9.17) is 0 Å². The van der Waals surface area contributed by atoms with Gasteiger partial charge in [0.05, 0.1) is 6.04 Å². The molecule has 0 radical (unpaired) electrons. The topological polar surface area (TPSA) is 23.5 Å². The number of para-hydroxylation sites is 1. The fourth-order valence-corrected chi connectivity index (χ4v) is 3.29. The first-order valence-electron chi connectivity index (χ1n) is 7.43. The van der Waals surface area contributed by atoms with Crippen LogP contribution in [0.1, 0.15) is 36.9 Å². The Balaban J connectivity index is 2.00. The van der Waals surface area contributed by atoms with E-state index in [0.29, 0.717) is 11.8 Å². The van der Waals surface area contributed by atoms with E-state index < -0.39 is 0 Å². The van der Waals surface area contributed by atoms with E-state index in [9.17, 15) is 5.11 Å². The Kier molecular flexibility index (Phi) is 3.64. The van der Waals surface area contributed by atoms with Crippen LogP contribution in [0.25, 0.3) is 0 Å². The number of nitrogens with zero attached hydrogens (tertiary/aromatic N) is 1. The maximum Gasteiger partial charge on any atom is 0.115 e. The van der Waals surface area contributed by atoms with Gasteiger partial charge in [0, 0.05) is 12.2 Å². The molecule has 2 heteroatoms. The number of benzene rings is 2. The third kappa shape index (κ3) is 2.38. The molecule has 0 aliphatic heterocycles. The van der Waals surface area contributed by atoms with Crippen molar-refractivity contribution in [3.05, 3.63) is 59.7 Å². The minimum Gasteiger partial charge on any atom is -0.508 e. The van der Waals surface area contributed by atoms with Gasteiger partial charge in [-0.05, 0) is 61.6 Å². The third-order valence-corrected chi connectivity index (χ3v) is 4.22. The van der Waals surface area contributed by atoms with Crippen molar-refractivity contribution in [3.63, 3.8) is 0 Å². The van der Waals surface area contributed by atoms with E-state index in [2.05, 4.69) is 48.2 Å². The number of hydrogen-bond donors (Lipinski definition) is 1. The first kappa shape index (κ1) is 13.0. The largest absolute Gasteiger partial charge is 0.508 e. The molecule has 0 amide bonds. The normalized spacial score (nSPS) is 17.6. The zero-order chi connectivity index (χ0) is 13.9. The summed E-state index contributed by atoms with van der Waals surface area (Å²) in [4.78, 5) is 2.44. The first-order chi connectivity index (χ1) is 9.79. The number of phenolic OH excluding ortho intramolecular Hbond substituents is 1. The second kappa shape index (κ2) is 5.58. The lowest BCUT2D eigenvalue weighted by molar-refractivity contribution is 0.467. The molecule has 2 nitrogen and oxygen atoms in total. The third-order valence-electron chi connectivity index (χ3n) is 4.22. The summed E-state index contributed by atoms with van der Waals surface area (Å²) in [5, 5.41) is 9.81. The second-order valence-electron chi connectivity index (χ2n) is 5.41. The highest BCUT2D eigenvalue weighted by atomic mass is 16.3. The van der Waals surface area contributed by atoms with Crippen LogP contribution < -0.4 is 4.90 Å². The Morgan fingerprint density at radius 1 is 1.15 bits per heavy atom. The molecule has 1 unspecified atom stereocenters. The van der Waals surface area contributed by atoms with Crippen LogP contribution in [0.3, 0.4) is 0 Å². The summed E-state index contributed by atoms with van der Waals surface area (Å²) >= 11 is 0. The summed E-state index contributed by atoms with van der Waals surface area (Å²) in [5.41, 5.74) is 3.94. The predicted octanol–water partition coefficient (Wildman–Crippen LogP) is 4.30. The summed E-state index contributed by atoms with van der Waals surface area (Å²) in [7, 11) is 0. The molecule has 0 aromatic heterocycles. The lowest BCUT2D eigenvalue weighted by Gasteiger charge is -2.37. The molecule has 0 bridgehead atoms. The van der Waals surface area contributed by atoms with Gasteiger partial charge < -0.3 is 10.0 Å². The van der Waals surface area contributed by atoms with Crippen molar-refractivity contribution in [2.75, 3.05) is 11.4 Å². The molecule has 1 aliphatic carbocycles. The maximum absolute atomic E-state index is 9.81. The fourth-order valence-electron chi connectivity index (χ4n) is 3.29. The Morgan fingerprint density at radius 2 is 1.95 bits per heavy atom. The van der Waals surface area contributed by atoms with Crippen LogP contribution in [0.5, 0.6) is 5.75 Å². The average molecular weight is 267 g/mol. The van der Waals surface area contributed by atoms with E-state index >= 15 is 0 Å². The van der Waals surface area contributed by atoms with Crippen LogP contribution >= 0.6 is 0 Å². The molecule has 1 aliphatic rings. The molecular formula is C18H21NO. The molecule has 20 heavy (non-hydrogen) atoms. The molecule has 2 aromatic carbocycles. The van der Waals surface area contributed by atoms with Gasteiger partial charge in [0.25, 0.3) is 0 Å². The Hall–Kier alpha value is -1.96. The molecule has 0 saturated carbocycles. The number of rotatable bonds is 3. The van der Waals surface area contributed by atoms with E-state index in [1.54, 1.807) is 6.07 Å². The first-order valence-corrected chi connectivity index (χ1v) is 7.43. The highest BCUT2D eigenvalue weighted by molar-refractivity contribution is 5.51. The van der Waals surface area contributed by atoms with Gasteiger partial charge in [-0.1, -0.05) is 24.3 Å². The number of fused-ring (bicyclic) bond motifs is 1. The highest BCUT2D eigenvalue weighted by Crippen LogP contribution is 2.38. The fraction of sp³-hybridized carbons (Fsp3) is 0.333. The monoisotopic (exact) mass is 267 g/mol. The van der Waals surface area contributed by atoms with Crippen LogP contribution in [0.15, 0.2) is 48.5 Å². The van der Waals surface area contributed by atoms with E-state index in [-0.39, 0.29) is 0 Å². The van der Waals surface area contributed by atoms with Gasteiger partial charge in [0.15, 0.2) is 0 Å². The quantitative estimate of drug-likeness (QED) is 0.896. The van der Waals surface area contributed by atoms with Gasteiger partial charge >= 0.3 is 0 Å². The minimum absolute atomic E-state index is 0.373. The zero-order valence-corrected chi connectivity index (χ0v) is 11.9. The van der Waals surface area contributed by atoms with Crippen molar-refractivity contribution >= 4 is 5.69 Å². The van der Waals surface area contributed by atoms with Gasteiger partial charge in [0.1, 0.15) is 5.75 Å². The van der Waals surface area contributed by atoms with Crippen molar-refractivity contribution in [1.82, 2.24) is 0 Å². The van der Waals surface area contributed by atoms with Gasteiger partial charge in [-0.15, -0.1) is 0 Å². The second-order valence-corrected chi connectivity index (χ2v) is 5.41. The molecular weight excluding hydrogens is 246 g/mol. The summed E-state index contributed by atoms with van der Waals surface area (Å²) < 4.78 is 0. The molecule has 0 saturated heterocycles. The summed E-state index contributed by atoms with van der Waals surface area (Å²) in [6.45, 7) is 3.17. The van der Waals surface area contributed by atoms with Gasteiger partial charge in [-0.3, -0.25) is 0 Å². The molecule has 1 N–H and O–H groups in total. The van der Waals surface area contributed by atoms with Crippen LogP contribution in [-0.4, -0.2) is 11.7 Å². The van der Waals surface area contributed by atoms with E-state index in [0.717, 1.165) is 19.4 Å². The predicted molar refractivity (Wildman–Crippen MR) is 83.2 cm³/mol. The molecule has 104 valence electrons. The number of anilines is 1. The molecule has 0 spiro atoms. The van der Waals surface area contributed by atoms with Crippen molar-refractivity contribution in [1.29, 1.82) is 0 Å². The molecule has 2 aromatic rings. The van der Waals surface area contributed by atoms with Crippen molar-refractivity contribution in [3.8, 4) is 5.75 Å². The highest BCUT2D eigenvalue weighted by Gasteiger charge is 2.25. The van der Waals surface area contributed by atoms with Gasteiger partial charge in [-0.25, -0.2) is 0 Å². The number of hydrogen-bond acceptors (Lipinski definition) is 2. The minimum atomic E-state index is 0.373. The van der Waals surface area contributed by atoms with Crippen molar-refractivity contribution in [2.24, 2.45) is 0 Å². The number of phenols is 1. The smallest absolute Gasteiger partial charge is 0.115 e. The molecule has 3 rings (SSSR count). The summed E-state index contributed by atoms with van der Waals surface area (Å²) in [6, 6.07) is 16.8. The van der Waals surface area contributed by atoms with Crippen LogP contribution in [0, 0.1) is 0 Å². The Bertz CT molecular complexity index is 579. The Morgan fingerprint density at radius 3 is 2.70 bits per heavy atom. The SMILES string of the molecule is CCN(c1ccccc1)C1CCCc2ccc(O)cc21. The lowest BCUT2D eigenvalue weighted by Crippen LogP contribution is -2.31. The molecule has 0 fully saturated rings. The summed E-state index contributed by atoms with van der Waals surface area (Å²) in [6.07, 6.45) is 3.49. The summed E-state index contributed by atoms with van der Waals surface area (Å²) in [5.74, 6) is 0.375. The van der Waals surface area contributed by atoms with Crippen molar-refractivity contribution in [2.45, 2.75) is 32.2 Å².